The number of benzene rings is 3. The van der Waals surface area contributed by atoms with Crippen molar-refractivity contribution in [3.8, 4) is 5.75 Å². The average Bonchev–Trinajstić information content (AvgIpc) is 3.47. The number of esters is 1. The molecule has 1 aliphatic rings. The van der Waals surface area contributed by atoms with Crippen molar-refractivity contribution in [2.24, 2.45) is 0 Å². The summed E-state index contributed by atoms with van der Waals surface area (Å²) in [5, 5.41) is 12.0. The SMILES string of the molecule is COC(=O)Cc1ccc(N2C(=O)C(O)=C(C(=O)c3cc4cc(Cl)cc(OC)c4o3)C2c2cccc(C)c2)cc1. The molecule has 2 heterocycles. The molecule has 5 rings (SSSR count). The number of carbonyl (C=O) groups excluding carboxylic acids is 3. The Kier molecular flexibility index (Phi) is 6.89. The molecule has 1 amide bonds. The predicted octanol–water partition coefficient (Wildman–Crippen LogP) is 5.90. The van der Waals surface area contributed by atoms with Gasteiger partial charge in [0.05, 0.1) is 32.3 Å². The minimum absolute atomic E-state index is 0.0683. The highest BCUT2D eigenvalue weighted by Crippen LogP contribution is 2.43. The van der Waals surface area contributed by atoms with Gasteiger partial charge in [0.25, 0.3) is 5.91 Å². The molecule has 0 saturated heterocycles. The Morgan fingerprint density at radius 3 is 2.46 bits per heavy atom. The van der Waals surface area contributed by atoms with Crippen LogP contribution in [0.15, 0.2) is 82.5 Å². The Hall–Kier alpha value is -4.56. The molecule has 1 atom stereocenters. The first kappa shape index (κ1) is 26.1. The van der Waals surface area contributed by atoms with Gasteiger partial charge >= 0.3 is 5.97 Å². The molecule has 0 saturated carbocycles. The Balaban J connectivity index is 1.60. The van der Waals surface area contributed by atoms with E-state index in [1.165, 1.54) is 25.2 Å². The van der Waals surface area contributed by atoms with Crippen molar-refractivity contribution in [1.29, 1.82) is 0 Å². The van der Waals surface area contributed by atoms with Crippen molar-refractivity contribution in [2.45, 2.75) is 19.4 Å². The molecule has 0 radical (unpaired) electrons. The standard InChI is InChI=1S/C30H24ClNO7/c1-16-5-4-6-18(11-16)26-25(27(34)22-14-19-13-20(31)15-23(37-2)29(19)39-22)28(35)30(36)32(26)21-9-7-17(8-10-21)12-24(33)38-3/h4-11,13-15,26,35H,12H2,1-3H3. The van der Waals surface area contributed by atoms with Crippen molar-refractivity contribution in [2.75, 3.05) is 19.1 Å². The van der Waals surface area contributed by atoms with Crippen LogP contribution in [0.25, 0.3) is 11.0 Å². The van der Waals surface area contributed by atoms with Crippen molar-refractivity contribution in [3.05, 3.63) is 106 Å². The maximum atomic E-state index is 13.9. The van der Waals surface area contributed by atoms with Crippen molar-refractivity contribution in [1.82, 2.24) is 0 Å². The third-order valence-corrected chi connectivity index (χ3v) is 6.81. The summed E-state index contributed by atoms with van der Waals surface area (Å²) in [6, 6.07) is 17.8. The van der Waals surface area contributed by atoms with E-state index in [1.807, 2.05) is 25.1 Å². The van der Waals surface area contributed by atoms with Crippen LogP contribution in [-0.4, -0.2) is 37.0 Å². The number of rotatable bonds is 7. The van der Waals surface area contributed by atoms with Gasteiger partial charge in [-0.3, -0.25) is 19.3 Å². The number of ether oxygens (including phenoxy) is 2. The average molecular weight is 546 g/mol. The van der Waals surface area contributed by atoms with Gasteiger partial charge in [0.2, 0.25) is 5.78 Å². The number of nitrogens with zero attached hydrogens (tertiary/aromatic N) is 1. The second-order valence-electron chi connectivity index (χ2n) is 9.14. The molecule has 0 fully saturated rings. The normalized spacial score (nSPS) is 15.2. The van der Waals surface area contributed by atoms with E-state index in [2.05, 4.69) is 0 Å². The van der Waals surface area contributed by atoms with Crippen LogP contribution < -0.4 is 9.64 Å². The number of amides is 1. The Labute approximate surface area is 229 Å². The lowest BCUT2D eigenvalue weighted by atomic mass is 9.93. The maximum absolute atomic E-state index is 13.9. The predicted molar refractivity (Wildman–Crippen MR) is 145 cm³/mol. The number of carbonyl (C=O) groups is 3. The van der Waals surface area contributed by atoms with Crippen LogP contribution in [0.5, 0.6) is 5.75 Å². The van der Waals surface area contributed by atoms with Gasteiger partial charge in [-0.25, -0.2) is 0 Å². The first-order valence-electron chi connectivity index (χ1n) is 12.0. The van der Waals surface area contributed by atoms with Crippen LogP contribution in [0.4, 0.5) is 5.69 Å². The molecule has 198 valence electrons. The fourth-order valence-corrected chi connectivity index (χ4v) is 4.97. The molecule has 0 bridgehead atoms. The van der Waals surface area contributed by atoms with Gasteiger partial charge < -0.3 is 19.0 Å². The van der Waals surface area contributed by atoms with E-state index in [1.54, 1.807) is 42.5 Å². The molecule has 1 unspecified atom stereocenters. The number of aliphatic hydroxyl groups is 1. The van der Waals surface area contributed by atoms with E-state index < -0.39 is 29.5 Å². The third-order valence-electron chi connectivity index (χ3n) is 6.59. The van der Waals surface area contributed by atoms with E-state index >= 15 is 0 Å². The van der Waals surface area contributed by atoms with Gasteiger partial charge in [-0.2, -0.15) is 0 Å². The molecule has 0 aliphatic carbocycles. The summed E-state index contributed by atoms with van der Waals surface area (Å²) < 4.78 is 15.9. The maximum Gasteiger partial charge on any atom is 0.309 e. The molecule has 0 spiro atoms. The smallest absolute Gasteiger partial charge is 0.309 e. The molecule has 8 nitrogen and oxygen atoms in total. The summed E-state index contributed by atoms with van der Waals surface area (Å²) in [5.41, 5.74) is 2.87. The molecule has 39 heavy (non-hydrogen) atoms. The zero-order chi connectivity index (χ0) is 27.8. The molecular formula is C30H24ClNO7. The highest BCUT2D eigenvalue weighted by molar-refractivity contribution is 6.31. The van der Waals surface area contributed by atoms with Crippen LogP contribution in [0.1, 0.15) is 33.3 Å². The van der Waals surface area contributed by atoms with E-state index in [0.717, 1.165) is 5.56 Å². The van der Waals surface area contributed by atoms with E-state index in [0.29, 0.717) is 38.6 Å². The third kappa shape index (κ3) is 4.75. The van der Waals surface area contributed by atoms with Gasteiger partial charge in [-0.05, 0) is 42.3 Å². The summed E-state index contributed by atoms with van der Waals surface area (Å²) in [6.07, 6.45) is 0.0683. The topological polar surface area (TPSA) is 106 Å². The second kappa shape index (κ2) is 10.3. The number of furan rings is 1. The first-order valence-corrected chi connectivity index (χ1v) is 12.4. The van der Waals surface area contributed by atoms with Crippen molar-refractivity contribution < 1.29 is 33.4 Å². The number of fused-ring (bicyclic) bond motifs is 1. The number of Topliss-reactive ketones (excluding diaryl/α,β-unsaturated/α-hetero) is 1. The van der Waals surface area contributed by atoms with Crippen LogP contribution in [0, 0.1) is 6.92 Å². The highest BCUT2D eigenvalue weighted by Gasteiger charge is 2.45. The second-order valence-corrected chi connectivity index (χ2v) is 9.58. The highest BCUT2D eigenvalue weighted by atomic mass is 35.5. The van der Waals surface area contributed by atoms with Gasteiger partial charge in [0, 0.05) is 22.2 Å². The quantitative estimate of drug-likeness (QED) is 0.227. The molecular weight excluding hydrogens is 522 g/mol. The molecule has 3 aromatic carbocycles. The van der Waals surface area contributed by atoms with Gasteiger partial charge in [-0.15, -0.1) is 0 Å². The minimum Gasteiger partial charge on any atom is -0.503 e. The summed E-state index contributed by atoms with van der Waals surface area (Å²) in [5.74, 6) is -2.17. The van der Waals surface area contributed by atoms with Crippen LogP contribution in [-0.2, 0) is 20.7 Å². The van der Waals surface area contributed by atoms with Gasteiger partial charge in [0.1, 0.15) is 0 Å². The summed E-state index contributed by atoms with van der Waals surface area (Å²) in [4.78, 5) is 40.4. The molecule has 1 aromatic heterocycles. The zero-order valence-electron chi connectivity index (χ0n) is 21.4. The number of hydrogen-bond donors (Lipinski definition) is 1. The number of aliphatic hydroxyl groups excluding tert-OH is 1. The fraction of sp³-hybridized carbons (Fsp3) is 0.167. The van der Waals surface area contributed by atoms with Gasteiger partial charge in [0.15, 0.2) is 22.9 Å². The van der Waals surface area contributed by atoms with E-state index in [9.17, 15) is 19.5 Å². The molecule has 9 heteroatoms. The van der Waals surface area contributed by atoms with Crippen molar-refractivity contribution in [3.63, 3.8) is 0 Å². The fourth-order valence-electron chi connectivity index (χ4n) is 4.75. The summed E-state index contributed by atoms with van der Waals surface area (Å²) >= 11 is 6.18. The summed E-state index contributed by atoms with van der Waals surface area (Å²) in [6.45, 7) is 1.90. The van der Waals surface area contributed by atoms with E-state index in [-0.39, 0.29) is 17.8 Å². The number of ketones is 1. The van der Waals surface area contributed by atoms with Crippen LogP contribution in [0.3, 0.4) is 0 Å². The number of hydrogen-bond acceptors (Lipinski definition) is 7. The first-order chi connectivity index (χ1) is 18.7. The Bertz CT molecular complexity index is 1650. The monoisotopic (exact) mass is 545 g/mol. The minimum atomic E-state index is -0.935. The lowest BCUT2D eigenvalue weighted by Crippen LogP contribution is -2.31. The van der Waals surface area contributed by atoms with Crippen LogP contribution in [0.2, 0.25) is 5.02 Å². The molecule has 1 aliphatic heterocycles. The number of aryl methyl sites for hydroxylation is 1. The largest absolute Gasteiger partial charge is 0.503 e. The van der Waals surface area contributed by atoms with Crippen molar-refractivity contribution >= 4 is 45.9 Å². The zero-order valence-corrected chi connectivity index (χ0v) is 22.1. The lowest BCUT2D eigenvalue weighted by molar-refractivity contribution is -0.139. The lowest BCUT2D eigenvalue weighted by Gasteiger charge is -2.27. The number of anilines is 1. The molecule has 4 aromatic rings. The van der Waals surface area contributed by atoms with Gasteiger partial charge in [-0.1, -0.05) is 53.6 Å². The Morgan fingerprint density at radius 1 is 1.05 bits per heavy atom. The van der Waals surface area contributed by atoms with E-state index in [4.69, 9.17) is 25.5 Å². The summed E-state index contributed by atoms with van der Waals surface area (Å²) in [7, 11) is 2.77. The molecule has 1 N–H and O–H groups in total. The number of methoxy groups -OCH3 is 2. The number of halogens is 1. The Morgan fingerprint density at radius 2 is 1.79 bits per heavy atom. The van der Waals surface area contributed by atoms with Crippen LogP contribution >= 0.6 is 11.6 Å².